The molecule has 0 aromatic carbocycles. The second-order valence-electron chi connectivity index (χ2n) is 7.49. The number of phosphoric ester groups is 1. The molecule has 1 unspecified atom stereocenters. The Bertz CT molecular complexity index is 766. The summed E-state index contributed by atoms with van der Waals surface area (Å²) in [6.45, 7) is 9.88. The van der Waals surface area contributed by atoms with Gasteiger partial charge in [0.15, 0.2) is 6.61 Å². The molecule has 194 valence electrons. The number of esters is 3. The van der Waals surface area contributed by atoms with Crippen LogP contribution < -0.4 is 0 Å². The zero-order valence-corrected chi connectivity index (χ0v) is 20.2. The van der Waals surface area contributed by atoms with Crippen molar-refractivity contribution in [2.45, 2.75) is 33.2 Å². The third-order valence-electron chi connectivity index (χ3n) is 4.09. The van der Waals surface area contributed by atoms with Crippen LogP contribution in [0.1, 0.15) is 27.2 Å². The van der Waals surface area contributed by atoms with Gasteiger partial charge in [-0.15, -0.1) is 0 Å². The van der Waals surface area contributed by atoms with Crippen molar-refractivity contribution in [2.75, 3.05) is 33.0 Å². The van der Waals surface area contributed by atoms with E-state index >= 15 is 0 Å². The number of aliphatic hydroxyl groups is 3. The van der Waals surface area contributed by atoms with Crippen molar-refractivity contribution in [2.24, 2.45) is 5.41 Å². The summed E-state index contributed by atoms with van der Waals surface area (Å²) in [5, 5.41) is 27.9. The smallest absolute Gasteiger partial charge is 0.396 e. The Morgan fingerprint density at radius 2 is 1.12 bits per heavy atom. The highest BCUT2D eigenvalue weighted by molar-refractivity contribution is 7.47. The topological polar surface area (TPSA) is 195 Å². The fraction of sp³-hybridized carbons (Fsp3) is 0.550. The summed E-state index contributed by atoms with van der Waals surface area (Å²) in [5.74, 6) is -6.62. The van der Waals surface area contributed by atoms with Gasteiger partial charge < -0.3 is 34.4 Å². The summed E-state index contributed by atoms with van der Waals surface area (Å²) >= 11 is 0. The lowest BCUT2D eigenvalue weighted by Crippen LogP contribution is -2.48. The van der Waals surface area contributed by atoms with Gasteiger partial charge in [-0.3, -0.25) is 9.05 Å². The lowest BCUT2D eigenvalue weighted by atomic mass is 9.88. The van der Waals surface area contributed by atoms with E-state index < -0.39 is 70.2 Å². The van der Waals surface area contributed by atoms with Crippen LogP contribution in [0.4, 0.5) is 0 Å². The van der Waals surface area contributed by atoms with Gasteiger partial charge in [-0.25, -0.2) is 18.9 Å². The minimum atomic E-state index is -4.99. The Balaban J connectivity index is 5.83. The largest absolute Gasteiger partial charge is 0.472 e. The van der Waals surface area contributed by atoms with Crippen LogP contribution >= 0.6 is 7.82 Å². The molecule has 0 bridgehead atoms. The van der Waals surface area contributed by atoms with Crippen molar-refractivity contribution < 1.29 is 62.4 Å². The first-order valence-electron chi connectivity index (χ1n) is 9.69. The summed E-state index contributed by atoms with van der Waals surface area (Å²) < 4.78 is 36.6. The van der Waals surface area contributed by atoms with E-state index in [1.807, 2.05) is 0 Å². The first kappa shape index (κ1) is 31.6. The van der Waals surface area contributed by atoms with Crippen LogP contribution in [0.5, 0.6) is 0 Å². The van der Waals surface area contributed by atoms with Gasteiger partial charge in [-0.2, -0.15) is 0 Å². The molecular weight excluding hydrogens is 479 g/mol. The van der Waals surface area contributed by atoms with Crippen molar-refractivity contribution in [1.82, 2.24) is 0 Å². The molecule has 34 heavy (non-hydrogen) atoms. The van der Waals surface area contributed by atoms with Crippen LogP contribution in [0.25, 0.3) is 0 Å². The van der Waals surface area contributed by atoms with Gasteiger partial charge in [-0.1, -0.05) is 19.7 Å². The van der Waals surface area contributed by atoms with Crippen molar-refractivity contribution in [3.8, 4) is 0 Å². The molecule has 0 rings (SSSR count). The molecule has 0 aliphatic heterocycles. The van der Waals surface area contributed by atoms with Gasteiger partial charge in [0, 0.05) is 22.1 Å². The molecule has 14 heteroatoms. The lowest BCUT2D eigenvalue weighted by molar-refractivity contribution is -0.335. The molecular formula is C20H31O13P. The highest BCUT2D eigenvalue weighted by Gasteiger charge is 2.47. The number of carbonyl (C=O) groups is 3. The third-order valence-corrected chi connectivity index (χ3v) is 5.05. The maximum Gasteiger partial charge on any atom is 0.472 e. The molecule has 1 atom stereocenters. The lowest BCUT2D eigenvalue weighted by Gasteiger charge is -2.31. The van der Waals surface area contributed by atoms with Crippen LogP contribution in [-0.4, -0.2) is 77.1 Å². The van der Waals surface area contributed by atoms with Crippen LogP contribution in [0.3, 0.4) is 0 Å². The number of rotatable bonds is 16. The van der Waals surface area contributed by atoms with Crippen LogP contribution in [-0.2, 0) is 42.2 Å². The number of aliphatic hydroxyl groups excluding tert-OH is 3. The Morgan fingerprint density at radius 3 is 1.41 bits per heavy atom. The van der Waals surface area contributed by atoms with Crippen molar-refractivity contribution in [3.63, 3.8) is 0 Å². The summed E-state index contributed by atoms with van der Waals surface area (Å²) in [4.78, 5) is 46.4. The van der Waals surface area contributed by atoms with E-state index in [9.17, 15) is 39.2 Å². The second kappa shape index (κ2) is 13.5. The van der Waals surface area contributed by atoms with Gasteiger partial charge in [0.25, 0.3) is 0 Å². The molecule has 4 N–H and O–H groups in total. The fourth-order valence-electron chi connectivity index (χ4n) is 1.80. The number of phosphoric acid groups is 1. The molecule has 0 saturated carbocycles. The fourth-order valence-corrected chi connectivity index (χ4v) is 2.52. The van der Waals surface area contributed by atoms with Gasteiger partial charge in [0.05, 0.1) is 26.4 Å². The van der Waals surface area contributed by atoms with E-state index in [-0.39, 0.29) is 23.1 Å². The van der Waals surface area contributed by atoms with Gasteiger partial charge in [-0.05, 0) is 27.2 Å². The average Bonchev–Trinajstić information content (AvgIpc) is 2.75. The number of hydrogen-bond acceptors (Lipinski definition) is 12. The zero-order valence-electron chi connectivity index (χ0n) is 19.3. The van der Waals surface area contributed by atoms with E-state index in [1.54, 1.807) is 0 Å². The quantitative estimate of drug-likeness (QED) is 0.0970. The molecule has 0 amide bonds. The molecule has 0 aromatic rings. The maximum atomic E-state index is 12.3. The van der Waals surface area contributed by atoms with Crippen LogP contribution in [0.15, 0.2) is 36.5 Å². The summed E-state index contributed by atoms with van der Waals surface area (Å²) in [6.07, 6.45) is -0.254. The summed E-state index contributed by atoms with van der Waals surface area (Å²) in [5.41, 5.74) is -2.02. The molecule has 0 aliphatic carbocycles. The van der Waals surface area contributed by atoms with Crippen molar-refractivity contribution in [3.05, 3.63) is 36.5 Å². The first-order chi connectivity index (χ1) is 15.6. The third kappa shape index (κ3) is 10.3. The second-order valence-corrected chi connectivity index (χ2v) is 8.95. The monoisotopic (exact) mass is 510 g/mol. The minimum absolute atomic E-state index is 0.209. The standard InChI is InChI=1S/C20H31O13P/c1-13(2)16(24)31-20(32-17(25)14(3)4,33-18(26)15(5)6)12-30-34(27,28)29-8-7-19(9-21,10-22)11-23/h21-23H,1,3,5,7-12H2,2,4,6H3,(H,27,28). The van der Waals surface area contributed by atoms with Gasteiger partial charge >= 0.3 is 31.7 Å². The van der Waals surface area contributed by atoms with E-state index in [4.69, 9.17) is 23.3 Å². The zero-order chi connectivity index (χ0) is 26.7. The highest BCUT2D eigenvalue weighted by atomic mass is 31.2. The van der Waals surface area contributed by atoms with E-state index in [2.05, 4.69) is 19.7 Å². The Kier molecular flexibility index (Phi) is 12.5. The Hall–Kier alpha value is -2.38. The molecule has 13 nitrogen and oxygen atoms in total. The molecule has 0 aliphatic rings. The van der Waals surface area contributed by atoms with Gasteiger partial charge in [0.1, 0.15) is 0 Å². The van der Waals surface area contributed by atoms with E-state index in [1.165, 1.54) is 20.8 Å². The SMILES string of the molecule is C=C(C)C(=O)OC(COP(=O)(O)OCCC(CO)(CO)CO)(OC(=O)C(=C)C)OC(=O)C(=C)C. The highest BCUT2D eigenvalue weighted by Crippen LogP contribution is 2.45. The number of ether oxygens (including phenoxy) is 3. The van der Waals surface area contributed by atoms with Crippen molar-refractivity contribution in [1.29, 1.82) is 0 Å². The number of carbonyl (C=O) groups excluding carboxylic acids is 3. The molecule has 0 heterocycles. The molecule has 0 radical (unpaired) electrons. The van der Waals surface area contributed by atoms with Gasteiger partial charge in [0.2, 0.25) is 0 Å². The van der Waals surface area contributed by atoms with E-state index in [0.717, 1.165) is 0 Å². The predicted octanol–water partition coefficient (Wildman–Crippen LogP) is 0.485. The molecule has 0 fully saturated rings. The molecule has 0 saturated heterocycles. The first-order valence-corrected chi connectivity index (χ1v) is 11.2. The summed E-state index contributed by atoms with van der Waals surface area (Å²) in [6, 6.07) is 0. The van der Waals surface area contributed by atoms with Crippen LogP contribution in [0.2, 0.25) is 0 Å². The Morgan fingerprint density at radius 1 is 0.765 bits per heavy atom. The normalized spacial score (nSPS) is 13.4. The van der Waals surface area contributed by atoms with Crippen LogP contribution in [0, 0.1) is 5.41 Å². The summed E-state index contributed by atoms with van der Waals surface area (Å²) in [7, 11) is -4.99. The predicted molar refractivity (Wildman–Crippen MR) is 115 cm³/mol. The Labute approximate surface area is 196 Å². The molecule has 0 aromatic heterocycles. The maximum absolute atomic E-state index is 12.3. The minimum Gasteiger partial charge on any atom is -0.396 e. The number of hydrogen-bond donors (Lipinski definition) is 4. The average molecular weight is 510 g/mol. The van der Waals surface area contributed by atoms with E-state index in [0.29, 0.717) is 0 Å². The molecule has 0 spiro atoms. The van der Waals surface area contributed by atoms with Crippen molar-refractivity contribution >= 4 is 25.7 Å².